The molecule has 0 spiro atoms. The Morgan fingerprint density at radius 3 is 2.47 bits per heavy atom. The molecule has 2 aliphatic rings. The third-order valence-electron chi connectivity index (χ3n) is 5.49. The van der Waals surface area contributed by atoms with E-state index in [1.54, 1.807) is 5.01 Å². The van der Waals surface area contributed by atoms with Gasteiger partial charge < -0.3 is 5.11 Å². The van der Waals surface area contributed by atoms with Crippen molar-refractivity contribution in [2.24, 2.45) is 11.0 Å². The number of carboxylic acids is 1. The Bertz CT molecular complexity index is 972. The van der Waals surface area contributed by atoms with Gasteiger partial charge in [-0.25, -0.2) is 5.01 Å². The monoisotopic (exact) mass is 420 g/mol. The van der Waals surface area contributed by atoms with Gasteiger partial charge in [-0.15, -0.1) is 11.8 Å². The molecule has 154 valence electrons. The van der Waals surface area contributed by atoms with Crippen molar-refractivity contribution in [3.05, 3.63) is 77.4 Å². The summed E-state index contributed by atoms with van der Waals surface area (Å²) >= 11 is 1.12. The topological polar surface area (TPSA) is 70.0 Å². The van der Waals surface area contributed by atoms with Crippen molar-refractivity contribution in [1.29, 1.82) is 0 Å². The van der Waals surface area contributed by atoms with E-state index in [1.807, 2.05) is 48.5 Å². The summed E-state index contributed by atoms with van der Waals surface area (Å²) in [7, 11) is 0. The molecule has 0 radical (unpaired) electrons. The van der Waals surface area contributed by atoms with Gasteiger partial charge in [0, 0.05) is 5.92 Å². The number of carboxylic acid groups (broad SMARTS) is 1. The smallest absolute Gasteiger partial charge is 0.313 e. The number of benzene rings is 2. The Labute approximate surface area is 180 Å². The van der Waals surface area contributed by atoms with Crippen molar-refractivity contribution in [1.82, 2.24) is 5.01 Å². The Morgan fingerprint density at radius 2 is 1.77 bits per heavy atom. The van der Waals surface area contributed by atoms with Crippen molar-refractivity contribution in [3.63, 3.8) is 0 Å². The van der Waals surface area contributed by atoms with E-state index in [0.717, 1.165) is 47.9 Å². The number of allylic oxidation sites excluding steroid dienone is 1. The molecule has 2 atom stereocenters. The lowest BCUT2D eigenvalue weighted by Crippen LogP contribution is -2.33. The number of hydrazone groups is 1. The van der Waals surface area contributed by atoms with E-state index in [4.69, 9.17) is 10.2 Å². The number of rotatable bonds is 6. The van der Waals surface area contributed by atoms with E-state index >= 15 is 0 Å². The van der Waals surface area contributed by atoms with Crippen LogP contribution >= 0.6 is 11.8 Å². The van der Waals surface area contributed by atoms with Crippen LogP contribution in [0.25, 0.3) is 6.08 Å². The molecule has 2 unspecified atom stereocenters. The molecule has 2 aromatic rings. The van der Waals surface area contributed by atoms with Gasteiger partial charge in [-0.3, -0.25) is 9.59 Å². The molecule has 0 saturated heterocycles. The van der Waals surface area contributed by atoms with Crippen molar-refractivity contribution >= 4 is 35.4 Å². The van der Waals surface area contributed by atoms with E-state index in [1.165, 1.54) is 5.57 Å². The summed E-state index contributed by atoms with van der Waals surface area (Å²) in [5.41, 5.74) is 4.38. The van der Waals surface area contributed by atoms with Crippen molar-refractivity contribution in [3.8, 4) is 0 Å². The molecule has 1 aliphatic heterocycles. The highest BCUT2D eigenvalue weighted by Gasteiger charge is 2.43. The Kier molecular flexibility index (Phi) is 6.33. The summed E-state index contributed by atoms with van der Waals surface area (Å²) in [6.45, 7) is 0. The second kappa shape index (κ2) is 9.30. The van der Waals surface area contributed by atoms with Gasteiger partial charge in [-0.05, 0) is 42.0 Å². The third kappa shape index (κ3) is 4.49. The zero-order valence-electron chi connectivity index (χ0n) is 16.6. The summed E-state index contributed by atoms with van der Waals surface area (Å²) in [6, 6.07) is 20.1. The summed E-state index contributed by atoms with van der Waals surface area (Å²) < 4.78 is 0. The fourth-order valence-electron chi connectivity index (χ4n) is 4.23. The molecular weight excluding hydrogens is 396 g/mol. The molecule has 1 heterocycles. The normalized spacial score (nSPS) is 21.9. The minimum atomic E-state index is -0.915. The fraction of sp³-hybridized carbons (Fsp3) is 0.292. The highest BCUT2D eigenvalue weighted by atomic mass is 32.2. The number of amides is 1. The first kappa shape index (κ1) is 20.4. The van der Waals surface area contributed by atoms with Gasteiger partial charge in [0.05, 0.1) is 23.3 Å². The van der Waals surface area contributed by atoms with Crippen LogP contribution in [0.3, 0.4) is 0 Å². The van der Waals surface area contributed by atoms with Crippen molar-refractivity contribution < 1.29 is 14.7 Å². The van der Waals surface area contributed by atoms with Gasteiger partial charge in [0.15, 0.2) is 0 Å². The maximum atomic E-state index is 13.0. The van der Waals surface area contributed by atoms with Gasteiger partial charge in [0.1, 0.15) is 0 Å². The zero-order valence-corrected chi connectivity index (χ0v) is 17.4. The number of aliphatic carboxylic acids is 1. The number of hydrogen-bond donors (Lipinski definition) is 1. The molecule has 1 N–H and O–H groups in total. The van der Waals surface area contributed by atoms with Crippen LogP contribution in [0.5, 0.6) is 0 Å². The van der Waals surface area contributed by atoms with Crippen LogP contribution in [0.15, 0.2) is 71.3 Å². The molecule has 1 amide bonds. The lowest BCUT2D eigenvalue weighted by molar-refractivity contribution is -0.133. The number of hydrogen-bond acceptors (Lipinski definition) is 4. The molecule has 5 nitrogen and oxygen atoms in total. The Morgan fingerprint density at radius 1 is 1.07 bits per heavy atom. The molecule has 6 heteroatoms. The Hall–Kier alpha value is -2.86. The second-order valence-electron chi connectivity index (χ2n) is 7.54. The first-order chi connectivity index (χ1) is 14.6. The van der Waals surface area contributed by atoms with E-state index in [2.05, 4.69) is 18.2 Å². The third-order valence-corrected chi connectivity index (χ3v) is 6.39. The lowest BCUT2D eigenvalue weighted by atomic mass is 9.77. The van der Waals surface area contributed by atoms with Gasteiger partial charge in [-0.1, -0.05) is 60.7 Å². The van der Waals surface area contributed by atoms with Crippen molar-refractivity contribution in [2.45, 2.75) is 25.3 Å². The molecule has 0 aromatic heterocycles. The fourth-order valence-corrected chi connectivity index (χ4v) is 4.82. The van der Waals surface area contributed by atoms with Gasteiger partial charge >= 0.3 is 5.97 Å². The van der Waals surface area contributed by atoms with Gasteiger partial charge in [0.25, 0.3) is 5.91 Å². The highest BCUT2D eigenvalue weighted by molar-refractivity contribution is 8.00. The summed E-state index contributed by atoms with van der Waals surface area (Å²) in [4.78, 5) is 23.8. The molecule has 1 saturated carbocycles. The number of thioether (sulfide) groups is 1. The standard InChI is InChI=1S/C24H24N2O3S/c27-21(15-30-16-22(28)29)26-24(18-10-5-2-6-11-18)20-13-7-12-19(23(20)25-26)14-17-8-3-1-4-9-17/h1-6,8-11,14,20,24H,7,12-13,15-16H2,(H,28,29)/b19-14+. The Balaban J connectivity index is 1.66. The predicted octanol–water partition coefficient (Wildman–Crippen LogP) is 4.63. The molecular formula is C24H24N2O3S. The van der Waals surface area contributed by atoms with Crippen LogP contribution in [-0.4, -0.2) is 39.2 Å². The SMILES string of the molecule is O=C(O)CSCC(=O)N1N=C2/C(=C/c3ccccc3)CCCC2C1c1ccccc1. The lowest BCUT2D eigenvalue weighted by Gasteiger charge is -2.29. The van der Waals surface area contributed by atoms with Crippen LogP contribution in [-0.2, 0) is 9.59 Å². The molecule has 4 rings (SSSR count). The van der Waals surface area contributed by atoms with Crippen LogP contribution in [0.1, 0.15) is 36.4 Å². The molecule has 30 heavy (non-hydrogen) atoms. The summed E-state index contributed by atoms with van der Waals surface area (Å²) in [6.07, 6.45) is 5.17. The van der Waals surface area contributed by atoms with Crippen LogP contribution in [0.4, 0.5) is 0 Å². The average molecular weight is 421 g/mol. The highest BCUT2D eigenvalue weighted by Crippen LogP contribution is 2.44. The largest absolute Gasteiger partial charge is 0.481 e. The number of nitrogens with zero attached hydrogens (tertiary/aromatic N) is 2. The van der Waals surface area contributed by atoms with E-state index < -0.39 is 5.97 Å². The first-order valence-corrected chi connectivity index (χ1v) is 11.3. The molecule has 2 aromatic carbocycles. The minimum absolute atomic E-state index is 0.0885. The van der Waals surface area contributed by atoms with Crippen LogP contribution < -0.4 is 0 Å². The molecule has 0 bridgehead atoms. The quantitative estimate of drug-likeness (QED) is 0.740. The molecule has 1 fully saturated rings. The molecule has 1 aliphatic carbocycles. The van der Waals surface area contributed by atoms with Crippen LogP contribution in [0, 0.1) is 5.92 Å². The number of fused-ring (bicyclic) bond motifs is 1. The van der Waals surface area contributed by atoms with E-state index in [-0.39, 0.29) is 29.4 Å². The zero-order chi connectivity index (χ0) is 20.9. The number of carbonyl (C=O) groups is 2. The van der Waals surface area contributed by atoms with E-state index in [0.29, 0.717) is 0 Å². The summed E-state index contributed by atoms with van der Waals surface area (Å²) in [5.74, 6) is -0.881. The van der Waals surface area contributed by atoms with Crippen molar-refractivity contribution in [2.75, 3.05) is 11.5 Å². The predicted molar refractivity (Wildman–Crippen MR) is 120 cm³/mol. The maximum absolute atomic E-state index is 13.0. The second-order valence-corrected chi connectivity index (χ2v) is 8.53. The minimum Gasteiger partial charge on any atom is -0.481 e. The van der Waals surface area contributed by atoms with Gasteiger partial charge in [0.2, 0.25) is 0 Å². The number of carbonyl (C=O) groups excluding carboxylic acids is 1. The summed E-state index contributed by atoms with van der Waals surface area (Å²) in [5, 5.41) is 15.3. The van der Waals surface area contributed by atoms with Crippen LogP contribution in [0.2, 0.25) is 0 Å². The maximum Gasteiger partial charge on any atom is 0.313 e. The van der Waals surface area contributed by atoms with E-state index in [9.17, 15) is 9.59 Å². The first-order valence-electron chi connectivity index (χ1n) is 10.1. The van der Waals surface area contributed by atoms with Gasteiger partial charge in [-0.2, -0.15) is 5.10 Å². The average Bonchev–Trinajstić information content (AvgIpc) is 3.15.